The molecule has 0 bridgehead atoms. The molecule has 1 atom stereocenters. The third-order valence-corrected chi connectivity index (χ3v) is 12.4. The number of rotatable bonds is 9. The highest BCUT2D eigenvalue weighted by Gasteiger charge is 2.34. The van der Waals surface area contributed by atoms with Crippen molar-refractivity contribution < 1.29 is 28.3 Å². The molecule has 3 N–H and O–H groups in total. The second-order valence-electron chi connectivity index (χ2n) is 16.7. The van der Waals surface area contributed by atoms with Crippen LogP contribution in [0.15, 0.2) is 53.6 Å². The quantitative estimate of drug-likeness (QED) is 0.172. The van der Waals surface area contributed by atoms with Gasteiger partial charge in [0.05, 0.1) is 40.1 Å². The first kappa shape index (κ1) is 39.4. The van der Waals surface area contributed by atoms with Gasteiger partial charge in [-0.05, 0) is 96.0 Å². The molecule has 1 saturated carbocycles. The van der Waals surface area contributed by atoms with Crippen LogP contribution in [-0.2, 0) is 22.2 Å². The molecule has 1 unspecified atom stereocenters. The Balaban J connectivity index is 0.885. The summed E-state index contributed by atoms with van der Waals surface area (Å²) in [4.78, 5) is 59.4. The van der Waals surface area contributed by atoms with E-state index in [1.165, 1.54) is 4.57 Å². The summed E-state index contributed by atoms with van der Waals surface area (Å²) in [6, 6.07) is 9.81. The molecular formula is C42H49F2N9O5. The lowest BCUT2D eigenvalue weighted by Gasteiger charge is -2.40. The van der Waals surface area contributed by atoms with Gasteiger partial charge in [-0.15, -0.1) is 0 Å². The molecule has 1 aliphatic carbocycles. The highest BCUT2D eigenvalue weighted by atomic mass is 19.1. The number of nitrogens with zero attached hydrogens (tertiary/aromatic N) is 7. The standard InChI is InChI=1S/C42H49F2N9O5/c1-42(2,58)29-20-31-25(18-32(29)46-40(56)37-30(44)19-26(43)21-45-37)23-52(48-31)28-10-8-24(9-11-28)22-49(3)27-14-16-51(17-15-27)33-6-5-7-34-38(33)50(4)41(57)53(34)35-12-13-36(54)47-39(35)55/h5-7,18-21,23-24,27-28,35,58H,8-17,22H2,1-4H3,(H,46,56)(H,47,54,55)/t24-,28-,35?. The van der Waals surface area contributed by atoms with Gasteiger partial charge in [0.2, 0.25) is 11.8 Å². The van der Waals surface area contributed by atoms with Gasteiger partial charge < -0.3 is 20.2 Å². The van der Waals surface area contributed by atoms with Gasteiger partial charge in [0.15, 0.2) is 11.5 Å². The Morgan fingerprint density at radius 3 is 2.47 bits per heavy atom. The fourth-order valence-electron chi connectivity index (χ4n) is 9.25. The Morgan fingerprint density at radius 1 is 1.03 bits per heavy atom. The third-order valence-electron chi connectivity index (χ3n) is 12.4. The summed E-state index contributed by atoms with van der Waals surface area (Å²) in [6.45, 7) is 5.86. The monoisotopic (exact) mass is 797 g/mol. The number of aliphatic hydroxyl groups is 1. The van der Waals surface area contributed by atoms with E-state index in [-0.39, 0.29) is 24.1 Å². The minimum absolute atomic E-state index is 0.196. The van der Waals surface area contributed by atoms with Gasteiger partial charge in [0.1, 0.15) is 11.9 Å². The fourth-order valence-corrected chi connectivity index (χ4v) is 9.25. The van der Waals surface area contributed by atoms with Gasteiger partial charge in [0, 0.05) is 68.0 Å². The van der Waals surface area contributed by atoms with E-state index in [0.717, 1.165) is 80.9 Å². The van der Waals surface area contributed by atoms with Crippen molar-refractivity contribution in [2.24, 2.45) is 13.0 Å². The van der Waals surface area contributed by atoms with Crippen molar-refractivity contribution in [3.8, 4) is 0 Å². The summed E-state index contributed by atoms with van der Waals surface area (Å²) in [5.74, 6) is -3.02. The summed E-state index contributed by atoms with van der Waals surface area (Å²) < 4.78 is 32.9. The second-order valence-corrected chi connectivity index (χ2v) is 16.7. The zero-order chi connectivity index (χ0) is 41.0. The molecular weight excluding hydrogens is 749 g/mol. The molecule has 2 aromatic carbocycles. The van der Waals surface area contributed by atoms with E-state index < -0.39 is 40.8 Å². The molecule has 3 aromatic heterocycles. The van der Waals surface area contributed by atoms with Crippen molar-refractivity contribution in [2.75, 3.05) is 36.9 Å². The molecule has 306 valence electrons. The lowest BCUT2D eigenvalue weighted by Crippen LogP contribution is -2.45. The number of aromatic nitrogens is 5. The van der Waals surface area contributed by atoms with Crippen molar-refractivity contribution in [1.82, 2.24) is 34.1 Å². The molecule has 58 heavy (non-hydrogen) atoms. The van der Waals surface area contributed by atoms with Crippen LogP contribution < -0.4 is 21.2 Å². The minimum Gasteiger partial charge on any atom is -0.386 e. The zero-order valence-electron chi connectivity index (χ0n) is 33.2. The molecule has 2 saturated heterocycles. The number of nitrogens with one attached hydrogen (secondary N) is 2. The number of carbonyl (C=O) groups is 3. The molecule has 3 aliphatic rings. The average Bonchev–Trinajstić information content (AvgIpc) is 3.71. The van der Waals surface area contributed by atoms with Crippen LogP contribution >= 0.6 is 0 Å². The lowest BCUT2D eigenvalue weighted by molar-refractivity contribution is -0.135. The van der Waals surface area contributed by atoms with Crippen LogP contribution in [0.4, 0.5) is 20.2 Å². The summed E-state index contributed by atoms with van der Waals surface area (Å²) in [7, 11) is 3.96. The fraction of sp³-hybridized carbons (Fsp3) is 0.476. The average molecular weight is 798 g/mol. The van der Waals surface area contributed by atoms with Crippen LogP contribution in [0.2, 0.25) is 0 Å². The van der Waals surface area contributed by atoms with Crippen LogP contribution in [0.3, 0.4) is 0 Å². The predicted molar refractivity (Wildman–Crippen MR) is 215 cm³/mol. The number of fused-ring (bicyclic) bond motifs is 2. The van der Waals surface area contributed by atoms with Crippen LogP contribution in [0.5, 0.6) is 0 Å². The maximum Gasteiger partial charge on any atom is 0.329 e. The van der Waals surface area contributed by atoms with E-state index in [2.05, 4.69) is 32.5 Å². The maximum atomic E-state index is 14.3. The maximum absolute atomic E-state index is 14.3. The van der Waals surface area contributed by atoms with E-state index in [4.69, 9.17) is 5.10 Å². The number of piperidine rings is 2. The van der Waals surface area contributed by atoms with Crippen molar-refractivity contribution >= 4 is 51.0 Å². The number of carbonyl (C=O) groups excluding carboxylic acids is 3. The van der Waals surface area contributed by atoms with Gasteiger partial charge in [0.25, 0.3) is 5.91 Å². The van der Waals surface area contributed by atoms with Crippen LogP contribution in [0.1, 0.15) is 93.3 Å². The van der Waals surface area contributed by atoms with Gasteiger partial charge >= 0.3 is 5.69 Å². The van der Waals surface area contributed by atoms with Crippen molar-refractivity contribution in [3.05, 3.63) is 82.2 Å². The van der Waals surface area contributed by atoms with Gasteiger partial charge in [-0.2, -0.15) is 5.10 Å². The van der Waals surface area contributed by atoms with Gasteiger partial charge in [-0.3, -0.25) is 33.5 Å². The molecule has 0 radical (unpaired) electrons. The largest absolute Gasteiger partial charge is 0.386 e. The number of amides is 3. The van der Waals surface area contributed by atoms with E-state index in [0.29, 0.717) is 46.7 Å². The predicted octanol–water partition coefficient (Wildman–Crippen LogP) is 5.15. The summed E-state index contributed by atoms with van der Waals surface area (Å²) >= 11 is 0. The minimum atomic E-state index is -1.35. The molecule has 3 amide bonds. The van der Waals surface area contributed by atoms with Crippen LogP contribution in [-0.4, -0.2) is 84.4 Å². The summed E-state index contributed by atoms with van der Waals surface area (Å²) in [5, 5.41) is 21.7. The molecule has 5 heterocycles. The van der Waals surface area contributed by atoms with E-state index in [9.17, 15) is 33.1 Å². The number of imidazole rings is 1. The first-order valence-corrected chi connectivity index (χ1v) is 20.0. The van der Waals surface area contributed by atoms with Gasteiger partial charge in [-0.1, -0.05) is 6.07 Å². The number of hydrogen-bond donors (Lipinski definition) is 3. The van der Waals surface area contributed by atoms with E-state index in [1.807, 2.05) is 29.1 Å². The van der Waals surface area contributed by atoms with Crippen molar-refractivity contribution in [3.63, 3.8) is 0 Å². The molecule has 0 spiro atoms. The molecule has 16 heteroatoms. The smallest absolute Gasteiger partial charge is 0.329 e. The highest BCUT2D eigenvalue weighted by Crippen LogP contribution is 2.37. The number of hydrogen-bond acceptors (Lipinski definition) is 9. The number of para-hydroxylation sites is 1. The van der Waals surface area contributed by atoms with Crippen molar-refractivity contribution in [1.29, 1.82) is 0 Å². The number of pyridine rings is 1. The topological polar surface area (TPSA) is 160 Å². The first-order valence-electron chi connectivity index (χ1n) is 20.0. The molecule has 14 nitrogen and oxygen atoms in total. The second kappa shape index (κ2) is 15.4. The summed E-state index contributed by atoms with van der Waals surface area (Å²) in [5.41, 5.74) is 1.67. The normalized spacial score (nSPS) is 21.0. The highest BCUT2D eigenvalue weighted by molar-refractivity contribution is 6.05. The Hall–Kier alpha value is -5.48. The molecule has 8 rings (SSSR count). The van der Waals surface area contributed by atoms with E-state index >= 15 is 0 Å². The van der Waals surface area contributed by atoms with Crippen LogP contribution in [0.25, 0.3) is 21.9 Å². The summed E-state index contributed by atoms with van der Waals surface area (Å²) in [6.07, 6.45) is 9.21. The Morgan fingerprint density at radius 2 is 1.78 bits per heavy atom. The Kier molecular flexibility index (Phi) is 10.4. The SMILES string of the molecule is CN(C[C@H]1CC[C@H](n2cc3cc(NC(=O)c4ncc(F)cc4F)c(C(C)(C)O)cc3n2)CC1)C1CCN(c2cccc3c2n(C)c(=O)n3C2CCC(=O)NC2=O)CC1. The zero-order valence-corrected chi connectivity index (χ0v) is 33.2. The molecule has 2 aliphatic heterocycles. The third kappa shape index (κ3) is 7.50. The number of benzene rings is 2. The molecule has 5 aromatic rings. The Labute approximate surface area is 333 Å². The van der Waals surface area contributed by atoms with Gasteiger partial charge in [-0.25, -0.2) is 18.6 Å². The number of halogens is 2. The number of aryl methyl sites for hydroxylation is 1. The van der Waals surface area contributed by atoms with Crippen LogP contribution in [0, 0.1) is 17.6 Å². The van der Waals surface area contributed by atoms with E-state index in [1.54, 1.807) is 37.6 Å². The Bertz CT molecular complexity index is 2470. The number of imide groups is 1. The first-order chi connectivity index (χ1) is 27.7. The van der Waals surface area contributed by atoms with Crippen molar-refractivity contribution in [2.45, 2.75) is 88.9 Å². The number of anilines is 2. The lowest BCUT2D eigenvalue weighted by atomic mass is 9.85. The molecule has 3 fully saturated rings.